The molecule has 1 amide bonds. The first kappa shape index (κ1) is 18.7. The molecule has 1 aliphatic heterocycles. The minimum absolute atomic E-state index is 0.0930. The van der Waals surface area contributed by atoms with Crippen molar-refractivity contribution < 1.29 is 4.79 Å². The molecule has 1 aromatic heterocycles. The number of amides is 1. The number of aromatic nitrogens is 1. The van der Waals surface area contributed by atoms with Crippen molar-refractivity contribution in [1.82, 2.24) is 4.98 Å². The Morgan fingerprint density at radius 1 is 1.00 bits per heavy atom. The predicted octanol–water partition coefficient (Wildman–Crippen LogP) is 5.67. The molecule has 0 unspecified atom stereocenters. The van der Waals surface area contributed by atoms with Gasteiger partial charge in [-0.25, -0.2) is 4.98 Å². The molecule has 0 spiro atoms. The molecule has 0 aliphatic carbocycles. The van der Waals surface area contributed by atoms with Gasteiger partial charge in [0.25, 0.3) is 5.91 Å². The maximum atomic E-state index is 13.2. The molecule has 1 saturated heterocycles. The van der Waals surface area contributed by atoms with Gasteiger partial charge in [0.15, 0.2) is 5.13 Å². The normalized spacial score (nSPS) is 14.1. The number of hydrogen-bond acceptors (Lipinski definition) is 4. The number of carbonyl (C=O) groups is 1. The molecular formula is C23H25N3OS. The quantitative estimate of drug-likeness (QED) is 0.623. The van der Waals surface area contributed by atoms with Crippen molar-refractivity contribution in [2.24, 2.45) is 0 Å². The van der Waals surface area contributed by atoms with Crippen LogP contribution < -0.4 is 10.2 Å². The summed E-state index contributed by atoms with van der Waals surface area (Å²) in [4.78, 5) is 21.0. The predicted molar refractivity (Wildman–Crippen MR) is 117 cm³/mol. The number of carbonyl (C=O) groups excluding carboxylic acids is 1. The summed E-state index contributed by atoms with van der Waals surface area (Å²) in [6, 6.07) is 16.1. The Bertz CT molecular complexity index is 955. The molecule has 1 fully saturated rings. The van der Waals surface area contributed by atoms with Gasteiger partial charge < -0.3 is 10.2 Å². The van der Waals surface area contributed by atoms with Gasteiger partial charge in [0.05, 0.1) is 5.69 Å². The van der Waals surface area contributed by atoms with Gasteiger partial charge in [-0.1, -0.05) is 47.7 Å². The molecule has 2 aromatic carbocycles. The zero-order chi connectivity index (χ0) is 19.5. The van der Waals surface area contributed by atoms with Crippen LogP contribution in [0.25, 0.3) is 11.3 Å². The van der Waals surface area contributed by atoms with Gasteiger partial charge in [-0.2, -0.15) is 0 Å². The van der Waals surface area contributed by atoms with E-state index < -0.39 is 0 Å². The molecule has 144 valence electrons. The fraction of sp³-hybridized carbons (Fsp3) is 0.304. The van der Waals surface area contributed by atoms with Gasteiger partial charge in [-0.3, -0.25) is 4.79 Å². The topological polar surface area (TPSA) is 45.2 Å². The van der Waals surface area contributed by atoms with Crippen molar-refractivity contribution in [3.63, 3.8) is 0 Å². The van der Waals surface area contributed by atoms with E-state index in [9.17, 15) is 4.79 Å². The summed E-state index contributed by atoms with van der Waals surface area (Å²) >= 11 is 1.50. The molecule has 1 aliphatic rings. The molecule has 0 bridgehead atoms. The molecule has 1 N–H and O–H groups in total. The van der Waals surface area contributed by atoms with Crippen LogP contribution in [0.3, 0.4) is 0 Å². The third-order valence-corrected chi connectivity index (χ3v) is 6.09. The summed E-state index contributed by atoms with van der Waals surface area (Å²) < 4.78 is 0. The number of nitrogens with one attached hydrogen (secondary N) is 1. The minimum atomic E-state index is -0.0930. The van der Waals surface area contributed by atoms with Crippen molar-refractivity contribution in [3.8, 4) is 11.3 Å². The second-order valence-corrected chi connectivity index (χ2v) is 8.40. The highest BCUT2D eigenvalue weighted by molar-refractivity contribution is 7.18. The van der Waals surface area contributed by atoms with Crippen molar-refractivity contribution in [1.29, 1.82) is 0 Å². The number of nitrogens with zero attached hydrogens (tertiary/aromatic N) is 2. The van der Waals surface area contributed by atoms with Crippen LogP contribution in [0.15, 0.2) is 48.5 Å². The van der Waals surface area contributed by atoms with E-state index in [1.54, 1.807) is 0 Å². The highest BCUT2D eigenvalue weighted by Crippen LogP contribution is 2.35. The summed E-state index contributed by atoms with van der Waals surface area (Å²) in [5.74, 6) is -0.0930. The van der Waals surface area contributed by atoms with Crippen LogP contribution in [-0.2, 0) is 0 Å². The monoisotopic (exact) mass is 391 g/mol. The zero-order valence-corrected chi connectivity index (χ0v) is 17.2. The van der Waals surface area contributed by atoms with Crippen LogP contribution in [0.1, 0.15) is 40.1 Å². The lowest BCUT2D eigenvalue weighted by Crippen LogP contribution is -2.29. The Morgan fingerprint density at radius 2 is 1.68 bits per heavy atom. The highest BCUT2D eigenvalue weighted by atomic mass is 32.1. The Kier molecular flexibility index (Phi) is 5.44. The van der Waals surface area contributed by atoms with Gasteiger partial charge in [-0.05, 0) is 56.4 Å². The largest absolute Gasteiger partial charge is 0.348 e. The number of aryl methyl sites for hydroxylation is 2. The fourth-order valence-corrected chi connectivity index (χ4v) is 4.74. The van der Waals surface area contributed by atoms with Crippen molar-refractivity contribution in [2.75, 3.05) is 23.3 Å². The van der Waals surface area contributed by atoms with Crippen LogP contribution in [0.2, 0.25) is 0 Å². The smallest absolute Gasteiger partial charge is 0.268 e. The standard InChI is InChI=1S/C23H25N3OS/c1-16-13-17(2)15-19(14-16)24-22(27)21-20(18-9-5-3-6-10-18)25-23(28-21)26-11-7-4-8-12-26/h3,5-6,9-10,13-15H,4,7-8,11-12H2,1-2H3,(H,24,27). The maximum Gasteiger partial charge on any atom is 0.268 e. The molecule has 3 aromatic rings. The van der Waals surface area contributed by atoms with Crippen LogP contribution >= 0.6 is 11.3 Å². The molecule has 4 rings (SSSR count). The lowest BCUT2D eigenvalue weighted by atomic mass is 10.1. The van der Waals surface area contributed by atoms with E-state index in [1.165, 1.54) is 30.6 Å². The Balaban J connectivity index is 1.69. The van der Waals surface area contributed by atoms with Gasteiger partial charge in [0, 0.05) is 24.3 Å². The molecule has 0 atom stereocenters. The number of hydrogen-bond donors (Lipinski definition) is 1. The molecule has 0 saturated carbocycles. The average molecular weight is 392 g/mol. The van der Waals surface area contributed by atoms with E-state index in [4.69, 9.17) is 4.98 Å². The first-order valence-electron chi connectivity index (χ1n) is 9.81. The van der Waals surface area contributed by atoms with E-state index in [-0.39, 0.29) is 5.91 Å². The summed E-state index contributed by atoms with van der Waals surface area (Å²) in [6.45, 7) is 6.11. The molecule has 5 heteroatoms. The van der Waals surface area contributed by atoms with Crippen molar-refractivity contribution >= 4 is 28.1 Å². The summed E-state index contributed by atoms with van der Waals surface area (Å²) in [5, 5.41) is 4.03. The minimum Gasteiger partial charge on any atom is -0.348 e. The second kappa shape index (κ2) is 8.15. The molecule has 0 radical (unpaired) electrons. The number of benzene rings is 2. The highest BCUT2D eigenvalue weighted by Gasteiger charge is 2.23. The van der Waals surface area contributed by atoms with E-state index in [0.29, 0.717) is 4.88 Å². The molecule has 4 nitrogen and oxygen atoms in total. The fourth-order valence-electron chi connectivity index (χ4n) is 3.71. The van der Waals surface area contributed by atoms with Gasteiger partial charge in [0.2, 0.25) is 0 Å². The Morgan fingerprint density at radius 3 is 2.36 bits per heavy atom. The van der Waals surface area contributed by atoms with E-state index >= 15 is 0 Å². The third kappa shape index (κ3) is 4.09. The maximum absolute atomic E-state index is 13.2. The van der Waals surface area contributed by atoms with E-state index in [0.717, 1.165) is 46.3 Å². The Hall–Kier alpha value is -2.66. The third-order valence-electron chi connectivity index (χ3n) is 4.98. The summed E-state index contributed by atoms with van der Waals surface area (Å²) in [6.07, 6.45) is 3.64. The van der Waals surface area contributed by atoms with Crippen LogP contribution in [-0.4, -0.2) is 24.0 Å². The number of piperidine rings is 1. The van der Waals surface area contributed by atoms with Crippen LogP contribution in [0.5, 0.6) is 0 Å². The number of thiazole rings is 1. The van der Waals surface area contributed by atoms with Crippen molar-refractivity contribution in [3.05, 3.63) is 64.5 Å². The van der Waals surface area contributed by atoms with Crippen LogP contribution in [0, 0.1) is 13.8 Å². The first-order chi connectivity index (χ1) is 13.6. The number of rotatable bonds is 4. The zero-order valence-electron chi connectivity index (χ0n) is 16.4. The Labute approximate surface area is 170 Å². The van der Waals surface area contributed by atoms with E-state index in [1.807, 2.05) is 56.3 Å². The van der Waals surface area contributed by atoms with Crippen LogP contribution in [0.4, 0.5) is 10.8 Å². The lowest BCUT2D eigenvalue weighted by Gasteiger charge is -2.25. The average Bonchev–Trinajstić information content (AvgIpc) is 3.14. The van der Waals surface area contributed by atoms with Gasteiger partial charge in [-0.15, -0.1) is 0 Å². The van der Waals surface area contributed by atoms with Crippen molar-refractivity contribution in [2.45, 2.75) is 33.1 Å². The summed E-state index contributed by atoms with van der Waals surface area (Å²) in [7, 11) is 0. The van der Waals surface area contributed by atoms with Gasteiger partial charge in [0.1, 0.15) is 4.88 Å². The SMILES string of the molecule is Cc1cc(C)cc(NC(=O)c2sc(N3CCCCC3)nc2-c2ccccc2)c1. The summed E-state index contributed by atoms with van der Waals surface area (Å²) in [5.41, 5.74) is 4.85. The van der Waals surface area contributed by atoms with E-state index in [2.05, 4.69) is 16.3 Å². The second-order valence-electron chi connectivity index (χ2n) is 7.42. The molecule has 28 heavy (non-hydrogen) atoms. The first-order valence-corrected chi connectivity index (χ1v) is 10.6. The lowest BCUT2D eigenvalue weighted by molar-refractivity contribution is 0.103. The number of anilines is 2. The van der Waals surface area contributed by atoms with Gasteiger partial charge >= 0.3 is 0 Å². The molecule has 2 heterocycles. The molecular weight excluding hydrogens is 366 g/mol.